The number of aromatic nitrogens is 3. The number of morpholine rings is 1. The van der Waals surface area contributed by atoms with Gasteiger partial charge in [0.2, 0.25) is 0 Å². The average Bonchev–Trinajstić information content (AvgIpc) is 3.25. The fourth-order valence-electron chi connectivity index (χ4n) is 3.71. The summed E-state index contributed by atoms with van der Waals surface area (Å²) in [6.07, 6.45) is 3.41. The number of nitrogens with one attached hydrogen (secondary N) is 1. The average molecular weight is 366 g/mol. The molecule has 0 radical (unpaired) electrons. The first-order chi connectivity index (χ1) is 13.1. The van der Waals surface area contributed by atoms with Gasteiger partial charge in [-0.05, 0) is 43.7 Å². The summed E-state index contributed by atoms with van der Waals surface area (Å²) in [5, 5.41) is 5.67. The van der Waals surface area contributed by atoms with Gasteiger partial charge in [-0.3, -0.25) is 14.4 Å². The highest BCUT2D eigenvalue weighted by Gasteiger charge is 2.16. The maximum atomic E-state index is 12.6. The molecule has 1 aromatic carbocycles. The number of hydrogen-bond donors (Lipinski definition) is 1. The van der Waals surface area contributed by atoms with Crippen molar-refractivity contribution >= 4 is 16.7 Å². The lowest BCUT2D eigenvalue weighted by Crippen LogP contribution is -2.36. The second-order valence-electron chi connectivity index (χ2n) is 7.25. The van der Waals surface area contributed by atoms with E-state index in [2.05, 4.69) is 40.1 Å². The summed E-state index contributed by atoms with van der Waals surface area (Å²) in [6.45, 7) is 6.55. The molecule has 1 N–H and O–H groups in total. The van der Waals surface area contributed by atoms with E-state index in [1.807, 2.05) is 19.3 Å². The number of hydrogen-bond acceptors (Lipinski definition) is 4. The van der Waals surface area contributed by atoms with E-state index < -0.39 is 0 Å². The maximum absolute atomic E-state index is 12.6. The second-order valence-corrected chi connectivity index (χ2v) is 7.25. The van der Waals surface area contributed by atoms with Gasteiger partial charge in [0.15, 0.2) is 5.78 Å². The Morgan fingerprint density at radius 3 is 2.89 bits per heavy atom. The minimum Gasteiger partial charge on any atom is -0.379 e. The number of fused-ring (bicyclic) bond motifs is 1. The van der Waals surface area contributed by atoms with Gasteiger partial charge in [0.1, 0.15) is 5.69 Å². The van der Waals surface area contributed by atoms with Crippen molar-refractivity contribution in [2.75, 3.05) is 32.8 Å². The van der Waals surface area contributed by atoms with Gasteiger partial charge < -0.3 is 9.72 Å². The van der Waals surface area contributed by atoms with Crippen molar-refractivity contribution in [2.24, 2.45) is 7.05 Å². The zero-order chi connectivity index (χ0) is 18.8. The molecule has 0 aliphatic carbocycles. The Morgan fingerprint density at radius 2 is 2.07 bits per heavy atom. The lowest BCUT2D eigenvalue weighted by molar-refractivity contribution is 0.0371. The predicted molar refractivity (Wildman–Crippen MR) is 106 cm³/mol. The SMILES string of the molecule is Cc1c[nH]c2ccc(-c3cc(C(=O)CCCN4CCOCC4)nn3C)cc12. The molecule has 0 amide bonds. The first-order valence-corrected chi connectivity index (χ1v) is 9.57. The molecule has 3 aromatic rings. The third-order valence-corrected chi connectivity index (χ3v) is 5.33. The van der Waals surface area contributed by atoms with Gasteiger partial charge in [-0.2, -0.15) is 5.10 Å². The van der Waals surface area contributed by atoms with Gasteiger partial charge in [0.05, 0.1) is 18.9 Å². The van der Waals surface area contributed by atoms with E-state index in [1.165, 1.54) is 10.9 Å². The number of aryl methyl sites for hydroxylation is 2. The number of ether oxygens (including phenoxy) is 1. The minimum atomic E-state index is 0.115. The molecular weight excluding hydrogens is 340 g/mol. The number of benzene rings is 1. The first kappa shape index (κ1) is 17.9. The number of rotatable bonds is 6. The van der Waals surface area contributed by atoms with Gasteiger partial charge in [-0.25, -0.2) is 0 Å². The monoisotopic (exact) mass is 366 g/mol. The van der Waals surface area contributed by atoms with Crippen LogP contribution in [0.2, 0.25) is 0 Å². The number of carbonyl (C=O) groups is 1. The number of aromatic amines is 1. The standard InChI is InChI=1S/C21H26N4O2/c1-15-14-22-18-6-5-16(12-17(15)18)20-13-19(23-24(20)2)21(26)4-3-7-25-8-10-27-11-9-25/h5-6,12-14,22H,3-4,7-11H2,1-2H3. The van der Waals surface area contributed by atoms with Crippen molar-refractivity contribution in [3.8, 4) is 11.3 Å². The van der Waals surface area contributed by atoms with Crippen LogP contribution in [-0.2, 0) is 11.8 Å². The molecule has 142 valence electrons. The Labute approximate surface area is 159 Å². The molecule has 4 rings (SSSR count). The largest absolute Gasteiger partial charge is 0.379 e. The van der Waals surface area contributed by atoms with Crippen molar-refractivity contribution < 1.29 is 9.53 Å². The Bertz CT molecular complexity index is 950. The summed E-state index contributed by atoms with van der Waals surface area (Å²) in [6, 6.07) is 8.22. The summed E-state index contributed by atoms with van der Waals surface area (Å²) in [4.78, 5) is 18.2. The second kappa shape index (κ2) is 7.66. The summed E-state index contributed by atoms with van der Waals surface area (Å²) in [5.74, 6) is 0.115. The summed E-state index contributed by atoms with van der Waals surface area (Å²) >= 11 is 0. The molecule has 6 nitrogen and oxygen atoms in total. The lowest BCUT2D eigenvalue weighted by atomic mass is 10.1. The fourth-order valence-corrected chi connectivity index (χ4v) is 3.71. The number of ketones is 1. The zero-order valence-electron chi connectivity index (χ0n) is 16.0. The van der Waals surface area contributed by atoms with Crippen LogP contribution in [0.15, 0.2) is 30.5 Å². The topological polar surface area (TPSA) is 63.1 Å². The number of H-pyrrole nitrogens is 1. The molecule has 0 unspecified atom stereocenters. The first-order valence-electron chi connectivity index (χ1n) is 9.57. The molecule has 1 aliphatic rings. The molecule has 0 spiro atoms. The quantitative estimate of drug-likeness (QED) is 0.681. The van der Waals surface area contributed by atoms with E-state index in [0.29, 0.717) is 12.1 Å². The molecule has 1 fully saturated rings. The molecule has 0 saturated carbocycles. The van der Waals surface area contributed by atoms with Crippen LogP contribution in [0, 0.1) is 6.92 Å². The fraction of sp³-hybridized carbons (Fsp3) is 0.429. The maximum Gasteiger partial charge on any atom is 0.183 e. The smallest absolute Gasteiger partial charge is 0.183 e. The number of Topliss-reactive ketones (excluding diaryl/α,β-unsaturated/α-hetero) is 1. The van der Waals surface area contributed by atoms with E-state index in [1.54, 1.807) is 4.68 Å². The summed E-state index contributed by atoms with van der Waals surface area (Å²) < 4.78 is 7.16. The molecule has 1 saturated heterocycles. The van der Waals surface area contributed by atoms with Crippen molar-refractivity contribution in [1.29, 1.82) is 0 Å². The van der Waals surface area contributed by atoms with Gasteiger partial charge in [-0.1, -0.05) is 6.07 Å². The van der Waals surface area contributed by atoms with Crippen LogP contribution in [0.3, 0.4) is 0 Å². The summed E-state index contributed by atoms with van der Waals surface area (Å²) in [7, 11) is 1.90. The van der Waals surface area contributed by atoms with E-state index in [9.17, 15) is 4.79 Å². The van der Waals surface area contributed by atoms with Crippen LogP contribution in [0.25, 0.3) is 22.2 Å². The van der Waals surface area contributed by atoms with Crippen LogP contribution >= 0.6 is 0 Å². The van der Waals surface area contributed by atoms with E-state index >= 15 is 0 Å². The highest BCUT2D eigenvalue weighted by atomic mass is 16.5. The molecular formula is C21H26N4O2. The third kappa shape index (κ3) is 3.82. The van der Waals surface area contributed by atoms with Crippen LogP contribution in [0.1, 0.15) is 28.9 Å². The highest BCUT2D eigenvalue weighted by Crippen LogP contribution is 2.26. The number of carbonyl (C=O) groups excluding carboxylic acids is 1. The van der Waals surface area contributed by atoms with Crippen LogP contribution in [0.4, 0.5) is 0 Å². The van der Waals surface area contributed by atoms with Crippen LogP contribution in [-0.4, -0.2) is 58.3 Å². The molecule has 3 heterocycles. The van der Waals surface area contributed by atoms with Crippen molar-refractivity contribution in [1.82, 2.24) is 19.7 Å². The molecule has 6 heteroatoms. The van der Waals surface area contributed by atoms with Crippen molar-refractivity contribution in [3.05, 3.63) is 41.7 Å². The Balaban J connectivity index is 1.45. The minimum absolute atomic E-state index is 0.115. The third-order valence-electron chi connectivity index (χ3n) is 5.33. The normalized spacial score (nSPS) is 15.5. The van der Waals surface area contributed by atoms with E-state index in [-0.39, 0.29) is 5.78 Å². The van der Waals surface area contributed by atoms with Crippen LogP contribution in [0.5, 0.6) is 0 Å². The molecule has 27 heavy (non-hydrogen) atoms. The van der Waals surface area contributed by atoms with E-state index in [0.717, 1.165) is 56.0 Å². The Kier molecular flexibility index (Phi) is 5.09. The van der Waals surface area contributed by atoms with E-state index in [4.69, 9.17) is 4.74 Å². The molecule has 2 aromatic heterocycles. The van der Waals surface area contributed by atoms with Crippen molar-refractivity contribution in [3.63, 3.8) is 0 Å². The Morgan fingerprint density at radius 1 is 1.26 bits per heavy atom. The van der Waals surface area contributed by atoms with Crippen molar-refractivity contribution in [2.45, 2.75) is 19.8 Å². The van der Waals surface area contributed by atoms with Gasteiger partial charge in [0.25, 0.3) is 0 Å². The zero-order valence-corrected chi connectivity index (χ0v) is 16.0. The Hall–Kier alpha value is -2.44. The molecule has 1 aliphatic heterocycles. The van der Waals surface area contributed by atoms with Gasteiger partial charge in [0, 0.05) is 49.2 Å². The highest BCUT2D eigenvalue weighted by molar-refractivity contribution is 5.95. The predicted octanol–water partition coefficient (Wildman–Crippen LogP) is 3.17. The molecule has 0 atom stereocenters. The van der Waals surface area contributed by atoms with Crippen LogP contribution < -0.4 is 0 Å². The molecule has 0 bridgehead atoms. The summed E-state index contributed by atoms with van der Waals surface area (Å²) in [5.41, 5.74) is 4.94. The lowest BCUT2D eigenvalue weighted by Gasteiger charge is -2.26. The van der Waals surface area contributed by atoms with Gasteiger partial charge >= 0.3 is 0 Å². The van der Waals surface area contributed by atoms with Gasteiger partial charge in [-0.15, -0.1) is 0 Å². The number of nitrogens with zero attached hydrogens (tertiary/aromatic N) is 3.